The van der Waals surface area contributed by atoms with E-state index in [4.69, 9.17) is 23.2 Å². The van der Waals surface area contributed by atoms with Gasteiger partial charge in [-0.15, -0.1) is 0 Å². The lowest BCUT2D eigenvalue weighted by atomic mass is 10.0. The zero-order chi connectivity index (χ0) is 29.3. The molecular formula is C30H35Cl2N3O4S. The summed E-state index contributed by atoms with van der Waals surface area (Å²) in [7, 11) is -2.19. The van der Waals surface area contributed by atoms with Gasteiger partial charge in [0.25, 0.3) is 0 Å². The van der Waals surface area contributed by atoms with E-state index in [0.29, 0.717) is 16.5 Å². The van der Waals surface area contributed by atoms with E-state index in [1.807, 2.05) is 44.2 Å². The molecule has 1 atom stereocenters. The Morgan fingerprint density at radius 1 is 0.875 bits per heavy atom. The molecule has 0 unspecified atom stereocenters. The van der Waals surface area contributed by atoms with Gasteiger partial charge >= 0.3 is 0 Å². The Morgan fingerprint density at radius 2 is 1.50 bits per heavy atom. The topological polar surface area (TPSA) is 86.8 Å². The summed E-state index contributed by atoms with van der Waals surface area (Å²) in [6.07, 6.45) is 0.647. The van der Waals surface area contributed by atoms with E-state index < -0.39 is 16.1 Å². The van der Waals surface area contributed by atoms with Crippen LogP contribution in [0, 0.1) is 0 Å². The third-order valence-electron chi connectivity index (χ3n) is 6.35. The number of nitrogens with one attached hydrogen (secondary N) is 1. The normalized spacial score (nSPS) is 12.4. The molecule has 0 saturated heterocycles. The van der Waals surface area contributed by atoms with Crippen molar-refractivity contribution in [2.75, 3.05) is 13.6 Å². The third-order valence-corrected chi connectivity index (χ3v) is 8.96. The van der Waals surface area contributed by atoms with E-state index in [1.165, 1.54) is 23.5 Å². The molecule has 0 heterocycles. The molecule has 0 bridgehead atoms. The number of carbonyl (C=O) groups excluding carboxylic acids is 2. The quantitative estimate of drug-likeness (QED) is 0.277. The standard InChI is InChI=1S/C30H35Cl2N3O4S/c1-22(2)33-30(37)28(20-23-11-6-4-7-12-23)35(21-24-16-17-26(31)27(32)19-24)29(36)15-10-18-34(3)40(38,39)25-13-8-5-9-14-25/h4-9,11-14,16-17,19,22,28H,10,15,18,20-21H2,1-3H3,(H,33,37)/t28-/m0/s1. The highest BCUT2D eigenvalue weighted by atomic mass is 35.5. The van der Waals surface area contributed by atoms with E-state index in [1.54, 1.807) is 41.3 Å². The maximum Gasteiger partial charge on any atom is 0.243 e. The van der Waals surface area contributed by atoms with Crippen LogP contribution in [0.1, 0.15) is 37.8 Å². The SMILES string of the molecule is CC(C)NC(=O)[C@H](Cc1ccccc1)N(Cc1ccc(Cl)c(Cl)c1)C(=O)CCCN(C)S(=O)(=O)c1ccccc1. The summed E-state index contributed by atoms with van der Waals surface area (Å²) in [5.41, 5.74) is 1.63. The number of hydrogen-bond acceptors (Lipinski definition) is 4. The van der Waals surface area contributed by atoms with Crippen LogP contribution in [0.25, 0.3) is 0 Å². The first-order chi connectivity index (χ1) is 19.0. The van der Waals surface area contributed by atoms with Gasteiger partial charge in [-0.05, 0) is 55.7 Å². The van der Waals surface area contributed by atoms with Gasteiger partial charge in [-0.2, -0.15) is 0 Å². The van der Waals surface area contributed by atoms with Crippen LogP contribution in [0.15, 0.2) is 83.8 Å². The third kappa shape index (κ3) is 8.80. The fraction of sp³-hybridized carbons (Fsp3) is 0.333. The summed E-state index contributed by atoms with van der Waals surface area (Å²) < 4.78 is 27.0. The summed E-state index contributed by atoms with van der Waals surface area (Å²) in [4.78, 5) is 28.9. The minimum Gasteiger partial charge on any atom is -0.352 e. The van der Waals surface area contributed by atoms with Crippen LogP contribution in [0.5, 0.6) is 0 Å². The van der Waals surface area contributed by atoms with Crippen LogP contribution in [0.4, 0.5) is 0 Å². The lowest BCUT2D eigenvalue weighted by Crippen LogP contribution is -2.51. The molecule has 7 nitrogen and oxygen atoms in total. The molecule has 3 rings (SSSR count). The fourth-order valence-electron chi connectivity index (χ4n) is 4.26. The van der Waals surface area contributed by atoms with Crippen molar-refractivity contribution >= 4 is 45.0 Å². The van der Waals surface area contributed by atoms with Crippen LogP contribution in [0.3, 0.4) is 0 Å². The Labute approximate surface area is 247 Å². The summed E-state index contributed by atoms with van der Waals surface area (Å²) in [6.45, 7) is 4.01. The molecule has 0 aliphatic carbocycles. The van der Waals surface area contributed by atoms with Crippen molar-refractivity contribution in [3.05, 3.63) is 100 Å². The Bertz CT molecular complexity index is 1390. The highest BCUT2D eigenvalue weighted by Crippen LogP contribution is 2.25. The zero-order valence-electron chi connectivity index (χ0n) is 22.9. The fourth-order valence-corrected chi connectivity index (χ4v) is 5.81. The molecule has 10 heteroatoms. The molecule has 0 spiro atoms. The Hall–Kier alpha value is -2.91. The smallest absolute Gasteiger partial charge is 0.243 e. The molecule has 40 heavy (non-hydrogen) atoms. The van der Waals surface area contributed by atoms with Crippen molar-refractivity contribution in [3.63, 3.8) is 0 Å². The van der Waals surface area contributed by atoms with E-state index in [-0.39, 0.29) is 48.7 Å². The first kappa shape index (κ1) is 31.6. The Morgan fingerprint density at radius 3 is 2.10 bits per heavy atom. The van der Waals surface area contributed by atoms with Gasteiger partial charge in [0, 0.05) is 39.0 Å². The number of carbonyl (C=O) groups is 2. The summed E-state index contributed by atoms with van der Waals surface area (Å²) in [5.74, 6) is -0.535. The van der Waals surface area contributed by atoms with E-state index in [2.05, 4.69) is 5.32 Å². The summed E-state index contributed by atoms with van der Waals surface area (Å²) in [5, 5.41) is 3.69. The molecule has 1 N–H and O–H groups in total. The molecule has 0 aromatic heterocycles. The second-order valence-corrected chi connectivity index (χ2v) is 12.7. The Balaban J connectivity index is 1.84. The van der Waals surface area contributed by atoms with Gasteiger partial charge < -0.3 is 10.2 Å². The molecule has 3 aromatic rings. The second kappa shape index (κ2) is 14.6. The number of benzene rings is 3. The number of sulfonamides is 1. The molecule has 3 aromatic carbocycles. The number of rotatable bonds is 13. The maximum atomic E-state index is 13.7. The average molecular weight is 605 g/mol. The maximum absolute atomic E-state index is 13.7. The zero-order valence-corrected chi connectivity index (χ0v) is 25.2. The molecule has 0 fully saturated rings. The minimum absolute atomic E-state index is 0.0518. The van der Waals surface area contributed by atoms with E-state index >= 15 is 0 Å². The second-order valence-electron chi connectivity index (χ2n) is 9.88. The monoisotopic (exact) mass is 603 g/mol. The van der Waals surface area contributed by atoms with Crippen molar-refractivity contribution < 1.29 is 18.0 Å². The van der Waals surface area contributed by atoms with Crippen LogP contribution < -0.4 is 5.32 Å². The van der Waals surface area contributed by atoms with Crippen molar-refractivity contribution in [1.82, 2.24) is 14.5 Å². The van der Waals surface area contributed by atoms with Gasteiger partial charge in [0.05, 0.1) is 14.9 Å². The molecule has 214 valence electrons. The molecule has 0 aliphatic rings. The number of amides is 2. The number of nitrogens with zero attached hydrogens (tertiary/aromatic N) is 2. The molecule has 2 amide bonds. The predicted octanol–water partition coefficient (Wildman–Crippen LogP) is 5.56. The lowest BCUT2D eigenvalue weighted by Gasteiger charge is -2.32. The largest absolute Gasteiger partial charge is 0.352 e. The van der Waals surface area contributed by atoms with Crippen molar-refractivity contribution in [2.45, 2.75) is 56.6 Å². The first-order valence-electron chi connectivity index (χ1n) is 13.1. The van der Waals surface area contributed by atoms with Gasteiger partial charge in [-0.25, -0.2) is 12.7 Å². The lowest BCUT2D eigenvalue weighted by molar-refractivity contribution is -0.141. The van der Waals surface area contributed by atoms with E-state index in [0.717, 1.165) is 11.1 Å². The highest BCUT2D eigenvalue weighted by molar-refractivity contribution is 7.89. The average Bonchev–Trinajstić information content (AvgIpc) is 2.93. The molecule has 0 saturated carbocycles. The van der Waals surface area contributed by atoms with E-state index in [9.17, 15) is 18.0 Å². The highest BCUT2D eigenvalue weighted by Gasteiger charge is 2.31. The molecule has 0 aliphatic heterocycles. The Kier molecular flexibility index (Phi) is 11.6. The van der Waals surface area contributed by atoms with Crippen LogP contribution >= 0.6 is 23.2 Å². The number of hydrogen-bond donors (Lipinski definition) is 1. The van der Waals surface area contributed by atoms with Crippen LogP contribution in [-0.2, 0) is 32.6 Å². The predicted molar refractivity (Wildman–Crippen MR) is 160 cm³/mol. The van der Waals surface area contributed by atoms with Gasteiger partial charge in [0.1, 0.15) is 6.04 Å². The number of halogens is 2. The van der Waals surface area contributed by atoms with Gasteiger partial charge in [-0.3, -0.25) is 9.59 Å². The van der Waals surface area contributed by atoms with Crippen molar-refractivity contribution in [2.24, 2.45) is 0 Å². The first-order valence-corrected chi connectivity index (χ1v) is 15.3. The van der Waals surface area contributed by atoms with Gasteiger partial charge in [-0.1, -0.05) is 77.8 Å². The van der Waals surface area contributed by atoms with Crippen molar-refractivity contribution in [1.29, 1.82) is 0 Å². The minimum atomic E-state index is -3.68. The van der Waals surface area contributed by atoms with Crippen LogP contribution in [0.2, 0.25) is 10.0 Å². The van der Waals surface area contributed by atoms with Gasteiger partial charge in [0.2, 0.25) is 21.8 Å². The molecular weight excluding hydrogens is 569 g/mol. The van der Waals surface area contributed by atoms with Crippen molar-refractivity contribution in [3.8, 4) is 0 Å². The van der Waals surface area contributed by atoms with Crippen LogP contribution in [-0.4, -0.2) is 55.1 Å². The summed E-state index contributed by atoms with van der Waals surface area (Å²) >= 11 is 12.4. The summed E-state index contributed by atoms with van der Waals surface area (Å²) in [6, 6.07) is 21.9. The van der Waals surface area contributed by atoms with Gasteiger partial charge in [0.15, 0.2) is 0 Å². The molecule has 0 radical (unpaired) electrons.